The van der Waals surface area contributed by atoms with Crippen LogP contribution in [0.5, 0.6) is 0 Å². The van der Waals surface area contributed by atoms with Gasteiger partial charge in [0, 0.05) is 23.5 Å². The van der Waals surface area contributed by atoms with Crippen LogP contribution in [0.2, 0.25) is 0 Å². The van der Waals surface area contributed by atoms with Crippen LogP contribution in [0, 0.1) is 12.8 Å². The fourth-order valence-electron chi connectivity index (χ4n) is 3.60. The van der Waals surface area contributed by atoms with Crippen LogP contribution in [0.25, 0.3) is 0 Å². The Hall–Kier alpha value is -3.19. The number of nitrogens with zero attached hydrogens (tertiary/aromatic N) is 2. The Morgan fingerprint density at radius 3 is 2.70 bits per heavy atom. The van der Waals surface area contributed by atoms with Gasteiger partial charge in [-0.2, -0.15) is 0 Å². The predicted octanol–water partition coefficient (Wildman–Crippen LogP) is 4.75. The maximum absolute atomic E-state index is 12.1. The molecule has 1 saturated heterocycles. The number of hydrogen-bond acceptors (Lipinski definition) is 4. The molecular formula is C23H24N4O2S. The molecule has 0 radical (unpaired) electrons. The van der Waals surface area contributed by atoms with E-state index in [0.717, 1.165) is 28.4 Å². The molecule has 1 aliphatic rings. The van der Waals surface area contributed by atoms with Gasteiger partial charge in [-0.05, 0) is 67.2 Å². The lowest BCUT2D eigenvalue weighted by Gasteiger charge is -2.26. The number of hydrogen-bond donors (Lipinski definition) is 2. The molecule has 1 aromatic carbocycles. The lowest BCUT2D eigenvalue weighted by atomic mass is 10.0. The summed E-state index contributed by atoms with van der Waals surface area (Å²) in [5.41, 5.74) is 3.57. The number of benzene rings is 1. The van der Waals surface area contributed by atoms with Crippen molar-refractivity contribution in [2.24, 2.45) is 5.92 Å². The van der Waals surface area contributed by atoms with Crippen LogP contribution >= 0.6 is 12.2 Å². The molecule has 0 spiro atoms. The Morgan fingerprint density at radius 1 is 1.23 bits per heavy atom. The molecular weight excluding hydrogens is 396 g/mol. The van der Waals surface area contributed by atoms with Gasteiger partial charge in [-0.25, -0.2) is 0 Å². The van der Waals surface area contributed by atoms with Crippen molar-refractivity contribution in [3.8, 4) is 0 Å². The Balaban J connectivity index is 1.71. The number of carbonyl (C=O) groups excluding carboxylic acids is 1. The number of nitrogens with one attached hydrogen (secondary N) is 2. The van der Waals surface area contributed by atoms with Crippen molar-refractivity contribution in [3.05, 3.63) is 78.0 Å². The van der Waals surface area contributed by atoms with Crippen LogP contribution in [0.4, 0.5) is 11.4 Å². The highest BCUT2D eigenvalue weighted by atomic mass is 32.1. The molecule has 2 atom stereocenters. The van der Waals surface area contributed by atoms with Gasteiger partial charge in [-0.15, -0.1) is 0 Å². The van der Waals surface area contributed by atoms with E-state index in [1.54, 1.807) is 12.5 Å². The van der Waals surface area contributed by atoms with Crippen molar-refractivity contribution in [3.63, 3.8) is 0 Å². The normalized spacial score (nSPS) is 18.5. The summed E-state index contributed by atoms with van der Waals surface area (Å²) in [5.74, 6) is 0.711. The first-order valence-electron chi connectivity index (χ1n) is 9.91. The number of furan rings is 1. The van der Waals surface area contributed by atoms with Gasteiger partial charge in [0.1, 0.15) is 11.8 Å². The molecule has 6 nitrogen and oxygen atoms in total. The smallest absolute Gasteiger partial charge is 0.226 e. The van der Waals surface area contributed by atoms with E-state index in [0.29, 0.717) is 5.11 Å². The van der Waals surface area contributed by atoms with Gasteiger partial charge in [0.2, 0.25) is 5.91 Å². The summed E-state index contributed by atoms with van der Waals surface area (Å²) in [7, 11) is 0. The minimum Gasteiger partial charge on any atom is -0.467 e. The standard InChI is InChI=1S/C23H24N4O2S/c1-14(2)22(28)25-17-10-9-16(13-15(17)3)27-21(19-8-6-12-29-19)20(26-23(27)30)18-7-4-5-11-24-18/h4-14,20-21H,1-3H3,(H,25,28)(H,26,30). The molecule has 2 unspecified atom stereocenters. The van der Waals surface area contributed by atoms with E-state index in [4.69, 9.17) is 16.6 Å². The van der Waals surface area contributed by atoms with Gasteiger partial charge in [0.15, 0.2) is 5.11 Å². The molecule has 2 N–H and O–H groups in total. The first-order valence-corrected chi connectivity index (χ1v) is 10.3. The van der Waals surface area contributed by atoms with Crippen molar-refractivity contribution in [2.45, 2.75) is 32.9 Å². The van der Waals surface area contributed by atoms with Crippen molar-refractivity contribution in [1.29, 1.82) is 0 Å². The molecule has 1 amide bonds. The van der Waals surface area contributed by atoms with Crippen LogP contribution in [0.3, 0.4) is 0 Å². The quantitative estimate of drug-likeness (QED) is 0.580. The summed E-state index contributed by atoms with van der Waals surface area (Å²) in [6, 6.07) is 15.2. The highest BCUT2D eigenvalue weighted by Gasteiger charge is 2.42. The second kappa shape index (κ2) is 8.28. The van der Waals surface area contributed by atoms with Gasteiger partial charge in [-0.3, -0.25) is 9.78 Å². The third kappa shape index (κ3) is 3.80. The zero-order chi connectivity index (χ0) is 21.3. The van der Waals surface area contributed by atoms with Gasteiger partial charge in [0.05, 0.1) is 18.0 Å². The van der Waals surface area contributed by atoms with Crippen LogP contribution < -0.4 is 15.5 Å². The van der Waals surface area contributed by atoms with Crippen molar-refractivity contribution < 1.29 is 9.21 Å². The maximum Gasteiger partial charge on any atom is 0.226 e. The second-order valence-corrected chi connectivity index (χ2v) is 8.04. The third-order valence-electron chi connectivity index (χ3n) is 5.20. The lowest BCUT2D eigenvalue weighted by Crippen LogP contribution is -2.29. The summed E-state index contributed by atoms with van der Waals surface area (Å²) in [4.78, 5) is 18.7. The maximum atomic E-state index is 12.1. The Labute approximate surface area is 181 Å². The number of aromatic nitrogens is 1. The average molecular weight is 421 g/mol. The topological polar surface area (TPSA) is 70.4 Å². The Kier molecular flexibility index (Phi) is 5.55. The SMILES string of the molecule is Cc1cc(N2C(=S)NC(c3ccccn3)C2c2ccco2)ccc1NC(=O)C(C)C. The summed E-state index contributed by atoms with van der Waals surface area (Å²) in [6.45, 7) is 5.72. The van der Waals surface area contributed by atoms with Crippen molar-refractivity contribution in [1.82, 2.24) is 10.3 Å². The van der Waals surface area contributed by atoms with Crippen LogP contribution in [-0.2, 0) is 4.79 Å². The van der Waals surface area contributed by atoms with E-state index >= 15 is 0 Å². The van der Waals surface area contributed by atoms with E-state index < -0.39 is 0 Å². The second-order valence-electron chi connectivity index (χ2n) is 7.66. The first kappa shape index (κ1) is 20.1. The third-order valence-corrected chi connectivity index (χ3v) is 5.52. The van der Waals surface area contributed by atoms with Gasteiger partial charge in [0.25, 0.3) is 0 Å². The Bertz CT molecular complexity index is 1050. The van der Waals surface area contributed by atoms with Gasteiger partial charge >= 0.3 is 0 Å². The zero-order valence-corrected chi connectivity index (χ0v) is 17.9. The molecule has 3 aromatic rings. The van der Waals surface area contributed by atoms with Crippen LogP contribution in [0.15, 0.2) is 65.4 Å². The van der Waals surface area contributed by atoms with Crippen molar-refractivity contribution >= 4 is 34.6 Å². The minimum atomic E-state index is -0.182. The summed E-state index contributed by atoms with van der Waals surface area (Å²) < 4.78 is 5.78. The lowest BCUT2D eigenvalue weighted by molar-refractivity contribution is -0.118. The van der Waals surface area contributed by atoms with Gasteiger partial charge < -0.3 is 20.0 Å². The summed E-state index contributed by atoms with van der Waals surface area (Å²) in [5, 5.41) is 6.98. The fourth-order valence-corrected chi connectivity index (χ4v) is 3.94. The monoisotopic (exact) mass is 420 g/mol. The molecule has 4 rings (SSSR count). The molecule has 1 aliphatic heterocycles. The van der Waals surface area contributed by atoms with Crippen molar-refractivity contribution in [2.75, 3.05) is 10.2 Å². The number of amides is 1. The molecule has 154 valence electrons. The van der Waals surface area contributed by atoms with E-state index in [1.165, 1.54) is 0 Å². The molecule has 3 heterocycles. The first-order chi connectivity index (χ1) is 14.5. The molecule has 7 heteroatoms. The number of thiocarbonyl (C=S) groups is 1. The number of anilines is 2. The minimum absolute atomic E-state index is 0.00659. The summed E-state index contributed by atoms with van der Waals surface area (Å²) in [6.07, 6.45) is 3.44. The summed E-state index contributed by atoms with van der Waals surface area (Å²) >= 11 is 5.71. The number of carbonyl (C=O) groups is 1. The zero-order valence-electron chi connectivity index (χ0n) is 17.1. The predicted molar refractivity (Wildman–Crippen MR) is 121 cm³/mol. The van der Waals surface area contributed by atoms with E-state index in [9.17, 15) is 4.79 Å². The van der Waals surface area contributed by atoms with E-state index in [1.807, 2.05) is 69.3 Å². The van der Waals surface area contributed by atoms with E-state index in [-0.39, 0.29) is 23.9 Å². The molecule has 0 aliphatic carbocycles. The van der Waals surface area contributed by atoms with E-state index in [2.05, 4.69) is 20.5 Å². The van der Waals surface area contributed by atoms with Gasteiger partial charge in [-0.1, -0.05) is 19.9 Å². The molecule has 2 aromatic heterocycles. The highest BCUT2D eigenvalue weighted by Crippen LogP contribution is 2.42. The van der Waals surface area contributed by atoms with Crippen LogP contribution in [0.1, 0.15) is 42.9 Å². The largest absolute Gasteiger partial charge is 0.467 e. The fraction of sp³-hybridized carbons (Fsp3) is 0.261. The number of pyridine rings is 1. The molecule has 30 heavy (non-hydrogen) atoms. The molecule has 0 bridgehead atoms. The van der Waals surface area contributed by atoms with Crippen LogP contribution in [-0.4, -0.2) is 16.0 Å². The highest BCUT2D eigenvalue weighted by molar-refractivity contribution is 7.80. The Morgan fingerprint density at radius 2 is 2.07 bits per heavy atom. The number of rotatable bonds is 5. The number of aryl methyl sites for hydroxylation is 1. The molecule has 1 fully saturated rings. The average Bonchev–Trinajstić information content (AvgIpc) is 3.37. The molecule has 0 saturated carbocycles.